The first-order valence-corrected chi connectivity index (χ1v) is 6.37. The van der Waals surface area contributed by atoms with E-state index in [1.54, 1.807) is 12.1 Å². The standard InChI is InChI=1S/C10H7BrO3S/c11-9-5-7-3-1-2-4-8(7)6-10(9)15(12,13)14/h1-6H,(H,12,13,14). The number of benzene rings is 2. The van der Waals surface area contributed by atoms with E-state index < -0.39 is 10.1 Å². The van der Waals surface area contributed by atoms with Crippen molar-refractivity contribution in [2.45, 2.75) is 4.90 Å². The monoisotopic (exact) mass is 286 g/mol. The van der Waals surface area contributed by atoms with Gasteiger partial charge in [-0.15, -0.1) is 0 Å². The number of hydrogen-bond acceptors (Lipinski definition) is 2. The SMILES string of the molecule is O=S(=O)(O)c1cc2ccccc2cc1Br. The molecule has 0 aliphatic rings. The van der Waals surface area contributed by atoms with Crippen LogP contribution in [0.3, 0.4) is 0 Å². The lowest BCUT2D eigenvalue weighted by molar-refractivity contribution is 0.483. The second-order valence-corrected chi connectivity index (χ2v) is 5.35. The van der Waals surface area contributed by atoms with Crippen molar-refractivity contribution in [1.82, 2.24) is 0 Å². The van der Waals surface area contributed by atoms with Crippen LogP contribution in [0.1, 0.15) is 0 Å². The van der Waals surface area contributed by atoms with E-state index in [-0.39, 0.29) is 4.90 Å². The lowest BCUT2D eigenvalue weighted by Gasteiger charge is -2.03. The van der Waals surface area contributed by atoms with Gasteiger partial charge in [-0.2, -0.15) is 8.42 Å². The van der Waals surface area contributed by atoms with Gasteiger partial charge in [0.05, 0.1) is 0 Å². The first-order valence-electron chi connectivity index (χ1n) is 4.14. The quantitative estimate of drug-likeness (QED) is 0.820. The summed E-state index contributed by atoms with van der Waals surface area (Å²) < 4.78 is 31.4. The fourth-order valence-corrected chi connectivity index (χ4v) is 2.95. The van der Waals surface area contributed by atoms with Gasteiger partial charge in [0.1, 0.15) is 4.90 Å². The van der Waals surface area contributed by atoms with Crippen molar-refractivity contribution in [1.29, 1.82) is 0 Å². The molecule has 0 fully saturated rings. The number of hydrogen-bond donors (Lipinski definition) is 1. The summed E-state index contributed by atoms with van der Waals surface area (Å²) in [6, 6.07) is 10.4. The van der Waals surface area contributed by atoms with Crippen molar-refractivity contribution < 1.29 is 13.0 Å². The molecular weight excluding hydrogens is 280 g/mol. The molecule has 0 amide bonds. The van der Waals surface area contributed by atoms with Gasteiger partial charge in [0, 0.05) is 4.47 Å². The van der Waals surface area contributed by atoms with E-state index in [1.165, 1.54) is 6.07 Å². The summed E-state index contributed by atoms with van der Waals surface area (Å²) in [6.45, 7) is 0. The second-order valence-electron chi connectivity index (χ2n) is 3.10. The van der Waals surface area contributed by atoms with Crippen LogP contribution >= 0.6 is 15.9 Å². The normalized spacial score (nSPS) is 11.9. The van der Waals surface area contributed by atoms with Crippen LogP contribution in [0.5, 0.6) is 0 Å². The van der Waals surface area contributed by atoms with Gasteiger partial charge < -0.3 is 0 Å². The van der Waals surface area contributed by atoms with E-state index >= 15 is 0 Å². The highest BCUT2D eigenvalue weighted by atomic mass is 79.9. The average molecular weight is 287 g/mol. The molecule has 0 aliphatic carbocycles. The van der Waals surface area contributed by atoms with Gasteiger partial charge in [-0.25, -0.2) is 0 Å². The van der Waals surface area contributed by atoms with Gasteiger partial charge in [-0.3, -0.25) is 4.55 Å². The number of fused-ring (bicyclic) bond motifs is 1. The van der Waals surface area contributed by atoms with Crippen LogP contribution in [0, 0.1) is 0 Å². The Morgan fingerprint density at radius 2 is 1.60 bits per heavy atom. The van der Waals surface area contributed by atoms with Gasteiger partial charge in [0.15, 0.2) is 0 Å². The van der Waals surface area contributed by atoms with Crippen molar-refractivity contribution in [2.75, 3.05) is 0 Å². The fourth-order valence-electron chi connectivity index (χ4n) is 1.39. The van der Waals surface area contributed by atoms with Crippen molar-refractivity contribution in [3.8, 4) is 0 Å². The predicted octanol–water partition coefficient (Wildman–Crippen LogP) is 2.85. The van der Waals surface area contributed by atoms with Crippen LogP contribution in [-0.4, -0.2) is 13.0 Å². The minimum absolute atomic E-state index is 0.110. The Bertz CT molecular complexity index is 620. The maximum atomic E-state index is 11.0. The van der Waals surface area contributed by atoms with Crippen LogP contribution in [-0.2, 0) is 10.1 Å². The third kappa shape index (κ3) is 2.04. The topological polar surface area (TPSA) is 54.4 Å². The Balaban J connectivity index is 2.84. The van der Waals surface area contributed by atoms with Crippen LogP contribution in [0.2, 0.25) is 0 Å². The zero-order chi connectivity index (χ0) is 11.1. The summed E-state index contributed by atoms with van der Waals surface area (Å²) >= 11 is 3.11. The Kier molecular flexibility index (Phi) is 2.54. The zero-order valence-corrected chi connectivity index (χ0v) is 9.92. The molecule has 0 saturated carbocycles. The third-order valence-electron chi connectivity index (χ3n) is 2.08. The lowest BCUT2D eigenvalue weighted by atomic mass is 10.1. The molecule has 2 rings (SSSR count). The van der Waals surface area contributed by atoms with Gasteiger partial charge in [-0.1, -0.05) is 24.3 Å². The van der Waals surface area contributed by atoms with Crippen molar-refractivity contribution in [2.24, 2.45) is 0 Å². The summed E-state index contributed by atoms with van der Waals surface area (Å²) in [4.78, 5) is -0.110. The molecule has 0 radical (unpaired) electrons. The molecule has 78 valence electrons. The van der Waals surface area contributed by atoms with Crippen LogP contribution in [0.25, 0.3) is 10.8 Å². The molecule has 0 spiro atoms. The molecule has 0 aromatic heterocycles. The van der Waals surface area contributed by atoms with Crippen LogP contribution in [0.15, 0.2) is 45.8 Å². The van der Waals surface area contributed by atoms with Crippen LogP contribution in [0.4, 0.5) is 0 Å². The molecule has 15 heavy (non-hydrogen) atoms. The molecule has 5 heteroatoms. The minimum Gasteiger partial charge on any atom is -0.282 e. The molecule has 0 unspecified atom stereocenters. The summed E-state index contributed by atoms with van der Waals surface area (Å²) in [7, 11) is -4.17. The van der Waals surface area contributed by atoms with Gasteiger partial charge in [0.2, 0.25) is 0 Å². The highest BCUT2D eigenvalue weighted by Gasteiger charge is 2.14. The molecule has 0 aliphatic heterocycles. The maximum Gasteiger partial charge on any atom is 0.295 e. The third-order valence-corrected chi connectivity index (χ3v) is 3.89. The minimum atomic E-state index is -4.17. The average Bonchev–Trinajstić information content (AvgIpc) is 2.15. The van der Waals surface area contributed by atoms with Crippen molar-refractivity contribution in [3.05, 3.63) is 40.9 Å². The predicted molar refractivity (Wildman–Crippen MR) is 61.5 cm³/mol. The first kappa shape index (κ1) is 10.6. The smallest absolute Gasteiger partial charge is 0.282 e. The van der Waals surface area contributed by atoms with E-state index in [1.807, 2.05) is 18.2 Å². The summed E-state index contributed by atoms with van der Waals surface area (Å²) in [5.41, 5.74) is 0. The molecular formula is C10H7BrO3S. The molecule has 0 atom stereocenters. The zero-order valence-electron chi connectivity index (χ0n) is 7.51. The highest BCUT2D eigenvalue weighted by molar-refractivity contribution is 9.10. The van der Waals surface area contributed by atoms with Crippen molar-refractivity contribution in [3.63, 3.8) is 0 Å². The molecule has 1 N–H and O–H groups in total. The fraction of sp³-hybridized carbons (Fsp3) is 0. The molecule has 0 saturated heterocycles. The Morgan fingerprint density at radius 3 is 2.13 bits per heavy atom. The molecule has 3 nitrogen and oxygen atoms in total. The Labute approximate surface area is 95.6 Å². The second kappa shape index (κ2) is 3.59. The van der Waals surface area contributed by atoms with E-state index in [9.17, 15) is 8.42 Å². The van der Waals surface area contributed by atoms with Gasteiger partial charge in [-0.05, 0) is 38.8 Å². The van der Waals surface area contributed by atoms with Gasteiger partial charge in [0.25, 0.3) is 10.1 Å². The summed E-state index contributed by atoms with van der Waals surface area (Å²) in [5, 5.41) is 1.69. The molecule has 0 heterocycles. The largest absolute Gasteiger partial charge is 0.295 e. The van der Waals surface area contributed by atoms with E-state index in [0.717, 1.165) is 10.8 Å². The Morgan fingerprint density at radius 1 is 1.07 bits per heavy atom. The van der Waals surface area contributed by atoms with E-state index in [2.05, 4.69) is 15.9 Å². The summed E-state index contributed by atoms with van der Waals surface area (Å²) in [6.07, 6.45) is 0. The first-order chi connectivity index (χ1) is 6.98. The van der Waals surface area contributed by atoms with E-state index in [0.29, 0.717) is 4.47 Å². The lowest BCUT2D eigenvalue weighted by Crippen LogP contribution is -1.99. The molecule has 2 aromatic rings. The Hall–Kier alpha value is -0.910. The van der Waals surface area contributed by atoms with Gasteiger partial charge >= 0.3 is 0 Å². The van der Waals surface area contributed by atoms with E-state index in [4.69, 9.17) is 4.55 Å². The molecule has 0 bridgehead atoms. The van der Waals surface area contributed by atoms with Crippen LogP contribution < -0.4 is 0 Å². The maximum absolute atomic E-state index is 11.0. The number of rotatable bonds is 1. The number of halogens is 1. The molecule has 2 aromatic carbocycles. The highest BCUT2D eigenvalue weighted by Crippen LogP contribution is 2.27. The summed E-state index contributed by atoms with van der Waals surface area (Å²) in [5.74, 6) is 0. The van der Waals surface area contributed by atoms with Crippen molar-refractivity contribution >= 4 is 36.8 Å².